The van der Waals surface area contributed by atoms with Crippen molar-refractivity contribution in [2.45, 2.75) is 89.3 Å². The van der Waals surface area contributed by atoms with Crippen LogP contribution >= 0.6 is 0 Å². The van der Waals surface area contributed by atoms with Crippen LogP contribution in [0.25, 0.3) is 0 Å². The highest BCUT2D eigenvalue weighted by atomic mass is 16.7. The fourth-order valence-electron chi connectivity index (χ4n) is 5.32. The monoisotopic (exact) mass is 378 g/mol. The van der Waals surface area contributed by atoms with Crippen LogP contribution in [0.15, 0.2) is 12.2 Å². The lowest BCUT2D eigenvalue weighted by Crippen LogP contribution is -2.36. The van der Waals surface area contributed by atoms with Crippen LogP contribution in [0, 0.1) is 17.8 Å². The summed E-state index contributed by atoms with van der Waals surface area (Å²) in [4.78, 5) is 12.6. The maximum absolute atomic E-state index is 12.6. The molecule has 1 spiro atoms. The molecule has 3 aliphatic rings. The molecule has 27 heavy (non-hydrogen) atoms. The third-order valence-electron chi connectivity index (χ3n) is 6.87. The second-order valence-corrected chi connectivity index (χ2v) is 8.69. The summed E-state index contributed by atoms with van der Waals surface area (Å²) in [5.74, 6) is 0.968. The van der Waals surface area contributed by atoms with Crippen molar-refractivity contribution in [3.8, 4) is 0 Å². The Morgan fingerprint density at radius 1 is 0.963 bits per heavy atom. The Labute approximate surface area is 164 Å². The van der Waals surface area contributed by atoms with Crippen LogP contribution < -0.4 is 0 Å². The lowest BCUT2D eigenvalue weighted by Gasteiger charge is -2.31. The Morgan fingerprint density at radius 2 is 1.67 bits per heavy atom. The zero-order valence-electron chi connectivity index (χ0n) is 16.9. The first-order valence-corrected chi connectivity index (χ1v) is 11.4. The van der Waals surface area contributed by atoms with Crippen LogP contribution in [-0.2, 0) is 14.3 Å². The number of hydrogen-bond donors (Lipinski definition) is 1. The molecule has 1 heterocycles. The zero-order chi connectivity index (χ0) is 19.0. The largest absolute Gasteiger partial charge is 0.396 e. The Balaban J connectivity index is 1.53. The summed E-state index contributed by atoms with van der Waals surface area (Å²) in [6.45, 7) is 1.70. The Kier molecular flexibility index (Phi) is 8.35. The molecule has 1 aliphatic heterocycles. The van der Waals surface area contributed by atoms with Crippen LogP contribution in [0.4, 0.5) is 0 Å². The van der Waals surface area contributed by atoms with Gasteiger partial charge in [0.05, 0.1) is 13.2 Å². The van der Waals surface area contributed by atoms with E-state index in [4.69, 9.17) is 14.6 Å². The minimum atomic E-state index is -0.395. The van der Waals surface area contributed by atoms with Crippen LogP contribution in [0.1, 0.15) is 83.5 Å². The van der Waals surface area contributed by atoms with Crippen LogP contribution in [0.3, 0.4) is 0 Å². The van der Waals surface area contributed by atoms with Crippen LogP contribution in [-0.4, -0.2) is 36.5 Å². The van der Waals surface area contributed by atoms with Crippen molar-refractivity contribution in [1.82, 2.24) is 0 Å². The van der Waals surface area contributed by atoms with Gasteiger partial charge in [-0.1, -0.05) is 51.0 Å². The Bertz CT molecular complexity index is 475. The summed E-state index contributed by atoms with van der Waals surface area (Å²) in [7, 11) is 0. The topological polar surface area (TPSA) is 55.8 Å². The normalized spacial score (nSPS) is 28.5. The number of carbonyl (C=O) groups is 1. The molecule has 2 unspecified atom stereocenters. The molecule has 2 aliphatic carbocycles. The van der Waals surface area contributed by atoms with Crippen molar-refractivity contribution in [3.63, 3.8) is 0 Å². The molecule has 4 nitrogen and oxygen atoms in total. The molecule has 2 atom stereocenters. The summed E-state index contributed by atoms with van der Waals surface area (Å²) >= 11 is 0. The van der Waals surface area contributed by atoms with Crippen molar-refractivity contribution >= 4 is 5.78 Å². The third kappa shape index (κ3) is 5.65. The van der Waals surface area contributed by atoms with Crippen LogP contribution in [0.2, 0.25) is 0 Å². The van der Waals surface area contributed by atoms with Crippen molar-refractivity contribution in [2.75, 3.05) is 19.8 Å². The van der Waals surface area contributed by atoms with E-state index in [1.165, 1.54) is 38.5 Å². The highest BCUT2D eigenvalue weighted by Gasteiger charge is 2.51. The number of unbranched alkanes of at least 4 members (excludes halogenated alkanes) is 4. The number of hydrogen-bond acceptors (Lipinski definition) is 4. The fourth-order valence-corrected chi connectivity index (χ4v) is 5.32. The number of rotatable bonds is 10. The zero-order valence-corrected chi connectivity index (χ0v) is 16.9. The van der Waals surface area contributed by atoms with Crippen LogP contribution in [0.5, 0.6) is 0 Å². The first-order chi connectivity index (χ1) is 13.2. The van der Waals surface area contributed by atoms with E-state index in [1.807, 2.05) is 6.08 Å². The summed E-state index contributed by atoms with van der Waals surface area (Å²) in [6.07, 6.45) is 18.6. The van der Waals surface area contributed by atoms with Gasteiger partial charge in [0.15, 0.2) is 11.6 Å². The molecule has 0 radical (unpaired) electrons. The lowest BCUT2D eigenvalue weighted by molar-refractivity contribution is -0.186. The SMILES string of the molecule is O=C(C=CC1CCC2(OCCO2)C1CCCCCCCO)C1CCCCC1. The van der Waals surface area contributed by atoms with Gasteiger partial charge < -0.3 is 14.6 Å². The molecular weight excluding hydrogens is 340 g/mol. The standard InChI is InChI=1S/C23H38O4/c24-16-8-3-1-2-7-11-21-19(14-15-23(21)26-17-18-27-23)12-13-22(25)20-9-5-4-6-10-20/h12-13,19-21,24H,1-11,14-18H2. The molecule has 154 valence electrons. The summed E-state index contributed by atoms with van der Waals surface area (Å²) < 4.78 is 12.2. The predicted octanol–water partition coefficient (Wildman–Crippen LogP) is 4.79. The average Bonchev–Trinajstić information content (AvgIpc) is 3.31. The maximum atomic E-state index is 12.6. The van der Waals surface area contributed by atoms with Gasteiger partial charge in [0.1, 0.15) is 0 Å². The number of allylic oxidation sites excluding steroid dienone is 2. The number of aliphatic hydroxyl groups is 1. The highest BCUT2D eigenvalue weighted by molar-refractivity contribution is 5.91. The molecule has 0 aromatic carbocycles. The van der Waals surface area contributed by atoms with Gasteiger partial charge >= 0.3 is 0 Å². The Hall–Kier alpha value is -0.710. The van der Waals surface area contributed by atoms with Gasteiger partial charge in [-0.05, 0) is 44.1 Å². The quantitative estimate of drug-likeness (QED) is 0.438. The number of ether oxygens (including phenoxy) is 2. The highest BCUT2D eigenvalue weighted by Crippen LogP contribution is 2.48. The number of carbonyl (C=O) groups excluding carboxylic acids is 1. The molecular formula is C23H38O4. The van der Waals surface area contributed by atoms with E-state index < -0.39 is 5.79 Å². The van der Waals surface area contributed by atoms with E-state index in [9.17, 15) is 4.79 Å². The minimum Gasteiger partial charge on any atom is -0.396 e. The molecule has 0 aromatic heterocycles. The minimum absolute atomic E-state index is 0.259. The Morgan fingerprint density at radius 3 is 2.41 bits per heavy atom. The number of aliphatic hydroxyl groups excluding tert-OH is 1. The van der Waals surface area contributed by atoms with Gasteiger partial charge in [-0.15, -0.1) is 0 Å². The lowest BCUT2D eigenvalue weighted by atomic mass is 9.84. The molecule has 1 saturated heterocycles. The van der Waals surface area contributed by atoms with E-state index in [2.05, 4.69) is 6.08 Å². The van der Waals surface area contributed by atoms with Gasteiger partial charge in [-0.3, -0.25) is 4.79 Å². The molecule has 0 bridgehead atoms. The van der Waals surface area contributed by atoms with Gasteiger partial charge in [-0.25, -0.2) is 0 Å². The van der Waals surface area contributed by atoms with E-state index in [1.54, 1.807) is 0 Å². The van der Waals surface area contributed by atoms with Crippen molar-refractivity contribution < 1.29 is 19.4 Å². The molecule has 1 N–H and O–H groups in total. The van der Waals surface area contributed by atoms with Crippen molar-refractivity contribution in [1.29, 1.82) is 0 Å². The van der Waals surface area contributed by atoms with Crippen molar-refractivity contribution in [3.05, 3.63) is 12.2 Å². The predicted molar refractivity (Wildman–Crippen MR) is 106 cm³/mol. The average molecular weight is 379 g/mol. The molecule has 3 rings (SSSR count). The molecule has 0 amide bonds. The van der Waals surface area contributed by atoms with E-state index >= 15 is 0 Å². The molecule has 0 aromatic rings. The first-order valence-electron chi connectivity index (χ1n) is 11.4. The molecule has 3 fully saturated rings. The second-order valence-electron chi connectivity index (χ2n) is 8.69. The van der Waals surface area contributed by atoms with Gasteiger partial charge in [0.2, 0.25) is 0 Å². The van der Waals surface area contributed by atoms with Crippen molar-refractivity contribution in [2.24, 2.45) is 17.8 Å². The number of ketones is 1. The van der Waals surface area contributed by atoms with E-state index in [-0.39, 0.29) is 5.92 Å². The van der Waals surface area contributed by atoms with Gasteiger partial charge in [0, 0.05) is 24.9 Å². The van der Waals surface area contributed by atoms with E-state index in [0.29, 0.717) is 37.4 Å². The van der Waals surface area contributed by atoms with E-state index in [0.717, 1.165) is 44.9 Å². The second kappa shape index (κ2) is 10.7. The maximum Gasteiger partial charge on any atom is 0.171 e. The fraction of sp³-hybridized carbons (Fsp3) is 0.870. The smallest absolute Gasteiger partial charge is 0.171 e. The summed E-state index contributed by atoms with van der Waals surface area (Å²) in [5, 5.41) is 8.90. The molecule has 4 heteroatoms. The first kappa shape index (κ1) is 21.0. The summed E-state index contributed by atoms with van der Waals surface area (Å²) in [6, 6.07) is 0. The molecule has 2 saturated carbocycles. The van der Waals surface area contributed by atoms with Gasteiger partial charge in [0.25, 0.3) is 0 Å². The summed E-state index contributed by atoms with van der Waals surface area (Å²) in [5.41, 5.74) is 0. The van der Waals surface area contributed by atoms with Gasteiger partial charge in [-0.2, -0.15) is 0 Å². The third-order valence-corrected chi connectivity index (χ3v) is 6.87.